The standard InChI is InChI=1S/C9H18FO3P/c1-2-6-9(14(11,12)13)7-4-3-5-8(9)10/h8H,2-7H2,1H3,(H2,11,12,13). The van der Waals surface area contributed by atoms with Crippen LogP contribution in [0.25, 0.3) is 0 Å². The van der Waals surface area contributed by atoms with E-state index in [9.17, 15) is 18.7 Å². The van der Waals surface area contributed by atoms with Gasteiger partial charge in [-0.15, -0.1) is 0 Å². The molecular weight excluding hydrogens is 206 g/mol. The van der Waals surface area contributed by atoms with Gasteiger partial charge in [0.2, 0.25) is 0 Å². The lowest BCUT2D eigenvalue weighted by molar-refractivity contribution is 0.148. The fourth-order valence-corrected chi connectivity index (χ4v) is 3.83. The van der Waals surface area contributed by atoms with Gasteiger partial charge in [-0.25, -0.2) is 4.39 Å². The summed E-state index contributed by atoms with van der Waals surface area (Å²) in [6, 6.07) is 0. The number of rotatable bonds is 3. The van der Waals surface area contributed by atoms with Crippen molar-refractivity contribution in [2.75, 3.05) is 0 Å². The Bertz CT molecular complexity index is 236. The van der Waals surface area contributed by atoms with Gasteiger partial charge in [-0.1, -0.05) is 26.2 Å². The minimum atomic E-state index is -4.32. The van der Waals surface area contributed by atoms with E-state index >= 15 is 0 Å². The van der Waals surface area contributed by atoms with Crippen molar-refractivity contribution < 1.29 is 18.7 Å². The van der Waals surface area contributed by atoms with Crippen molar-refractivity contribution in [2.24, 2.45) is 0 Å². The van der Waals surface area contributed by atoms with Crippen LogP contribution in [0, 0.1) is 0 Å². The SMILES string of the molecule is CCCC1(P(=O)(O)O)CCCCC1F. The molecule has 1 saturated carbocycles. The largest absolute Gasteiger partial charge is 0.334 e. The van der Waals surface area contributed by atoms with Crippen LogP contribution in [0.3, 0.4) is 0 Å². The van der Waals surface area contributed by atoms with Gasteiger partial charge in [0.05, 0.1) is 0 Å². The van der Waals surface area contributed by atoms with Crippen molar-refractivity contribution in [3.63, 3.8) is 0 Å². The molecule has 0 saturated heterocycles. The molecule has 2 atom stereocenters. The van der Waals surface area contributed by atoms with Crippen LogP contribution in [-0.4, -0.2) is 21.1 Å². The number of alkyl halides is 1. The molecule has 0 aromatic carbocycles. The first kappa shape index (κ1) is 12.2. The first-order valence-corrected chi connectivity index (χ1v) is 6.75. The fraction of sp³-hybridized carbons (Fsp3) is 1.00. The molecule has 0 bridgehead atoms. The van der Waals surface area contributed by atoms with Crippen molar-refractivity contribution >= 4 is 7.60 Å². The van der Waals surface area contributed by atoms with Crippen LogP contribution in [0.5, 0.6) is 0 Å². The van der Waals surface area contributed by atoms with Gasteiger partial charge < -0.3 is 9.79 Å². The van der Waals surface area contributed by atoms with Crippen molar-refractivity contribution in [3.8, 4) is 0 Å². The van der Waals surface area contributed by atoms with E-state index in [0.717, 1.165) is 12.8 Å². The van der Waals surface area contributed by atoms with Gasteiger partial charge in [0.15, 0.2) is 0 Å². The number of hydrogen-bond donors (Lipinski definition) is 2. The monoisotopic (exact) mass is 224 g/mol. The fourth-order valence-electron chi connectivity index (χ4n) is 2.37. The molecule has 0 radical (unpaired) electrons. The van der Waals surface area contributed by atoms with Crippen molar-refractivity contribution in [1.82, 2.24) is 0 Å². The molecule has 0 aliphatic heterocycles. The molecule has 2 unspecified atom stereocenters. The Labute approximate surface area is 83.9 Å². The van der Waals surface area contributed by atoms with Crippen LogP contribution in [0.4, 0.5) is 4.39 Å². The molecule has 0 heterocycles. The smallest absolute Gasteiger partial charge is 0.324 e. The normalized spacial score (nSPS) is 34.4. The second-order valence-corrected chi connectivity index (χ2v) is 6.09. The molecule has 1 aliphatic rings. The van der Waals surface area contributed by atoms with E-state index in [0.29, 0.717) is 25.7 Å². The number of hydrogen-bond acceptors (Lipinski definition) is 1. The molecule has 84 valence electrons. The van der Waals surface area contributed by atoms with Crippen LogP contribution in [0.15, 0.2) is 0 Å². The zero-order valence-corrected chi connectivity index (χ0v) is 9.34. The molecule has 14 heavy (non-hydrogen) atoms. The second-order valence-electron chi connectivity index (χ2n) is 4.11. The molecule has 3 nitrogen and oxygen atoms in total. The molecule has 0 aromatic rings. The van der Waals surface area contributed by atoms with E-state index in [2.05, 4.69) is 0 Å². The average Bonchev–Trinajstić information content (AvgIpc) is 2.07. The van der Waals surface area contributed by atoms with Crippen LogP contribution in [0.2, 0.25) is 0 Å². The molecule has 0 amide bonds. The molecule has 0 spiro atoms. The van der Waals surface area contributed by atoms with Crippen molar-refractivity contribution in [2.45, 2.75) is 56.8 Å². The summed E-state index contributed by atoms with van der Waals surface area (Å²) < 4.78 is 25.1. The van der Waals surface area contributed by atoms with E-state index in [1.165, 1.54) is 0 Å². The maximum atomic E-state index is 13.7. The highest BCUT2D eigenvalue weighted by atomic mass is 31.2. The van der Waals surface area contributed by atoms with Crippen LogP contribution in [-0.2, 0) is 4.57 Å². The van der Waals surface area contributed by atoms with Crippen LogP contribution >= 0.6 is 7.60 Å². The van der Waals surface area contributed by atoms with Crippen LogP contribution in [0.1, 0.15) is 45.4 Å². The highest BCUT2D eigenvalue weighted by molar-refractivity contribution is 7.53. The first-order valence-electron chi connectivity index (χ1n) is 5.14. The number of halogens is 1. The first-order chi connectivity index (χ1) is 6.44. The van der Waals surface area contributed by atoms with Gasteiger partial charge in [-0.3, -0.25) is 4.57 Å². The van der Waals surface area contributed by atoms with Gasteiger partial charge in [0.1, 0.15) is 11.3 Å². The van der Waals surface area contributed by atoms with Gasteiger partial charge in [-0.2, -0.15) is 0 Å². The Kier molecular flexibility index (Phi) is 3.73. The Hall–Kier alpha value is 0.0800. The minimum Gasteiger partial charge on any atom is -0.324 e. The summed E-state index contributed by atoms with van der Waals surface area (Å²) in [6.45, 7) is 1.83. The van der Waals surface area contributed by atoms with E-state index in [1.54, 1.807) is 0 Å². The molecular formula is C9H18FO3P. The summed E-state index contributed by atoms with van der Waals surface area (Å²) in [5, 5.41) is -1.38. The summed E-state index contributed by atoms with van der Waals surface area (Å²) in [7, 11) is -4.32. The lowest BCUT2D eigenvalue weighted by atomic mass is 9.83. The second kappa shape index (κ2) is 4.30. The average molecular weight is 224 g/mol. The van der Waals surface area contributed by atoms with E-state index in [-0.39, 0.29) is 0 Å². The van der Waals surface area contributed by atoms with Crippen LogP contribution < -0.4 is 0 Å². The summed E-state index contributed by atoms with van der Waals surface area (Å²) in [5.74, 6) is 0. The van der Waals surface area contributed by atoms with E-state index in [4.69, 9.17) is 0 Å². The highest BCUT2D eigenvalue weighted by Gasteiger charge is 2.53. The molecule has 1 aliphatic carbocycles. The lowest BCUT2D eigenvalue weighted by Gasteiger charge is -2.40. The third-order valence-electron chi connectivity index (χ3n) is 3.16. The minimum absolute atomic E-state index is 0.290. The predicted octanol–water partition coefficient (Wildman–Crippen LogP) is 2.62. The molecule has 0 aromatic heterocycles. The van der Waals surface area contributed by atoms with Gasteiger partial charge in [-0.05, 0) is 19.3 Å². The third kappa shape index (κ3) is 2.02. The Morgan fingerprint density at radius 1 is 1.50 bits per heavy atom. The molecule has 1 fully saturated rings. The molecule has 5 heteroatoms. The maximum Gasteiger partial charge on any atom is 0.334 e. The Balaban J connectivity index is 2.95. The van der Waals surface area contributed by atoms with Crippen molar-refractivity contribution in [3.05, 3.63) is 0 Å². The van der Waals surface area contributed by atoms with Gasteiger partial charge in [0, 0.05) is 0 Å². The third-order valence-corrected chi connectivity index (χ3v) is 5.05. The zero-order chi connectivity index (χ0) is 10.8. The summed E-state index contributed by atoms with van der Waals surface area (Å²) in [4.78, 5) is 18.5. The maximum absolute atomic E-state index is 13.7. The predicted molar refractivity (Wildman–Crippen MR) is 53.0 cm³/mol. The zero-order valence-electron chi connectivity index (χ0n) is 8.45. The summed E-state index contributed by atoms with van der Waals surface area (Å²) in [5.41, 5.74) is 0. The quantitative estimate of drug-likeness (QED) is 0.724. The Morgan fingerprint density at radius 3 is 2.57 bits per heavy atom. The molecule has 2 N–H and O–H groups in total. The highest BCUT2D eigenvalue weighted by Crippen LogP contribution is 2.60. The van der Waals surface area contributed by atoms with E-state index in [1.807, 2.05) is 6.92 Å². The van der Waals surface area contributed by atoms with E-state index < -0.39 is 18.9 Å². The van der Waals surface area contributed by atoms with Gasteiger partial charge >= 0.3 is 7.60 Å². The Morgan fingerprint density at radius 2 is 2.14 bits per heavy atom. The topological polar surface area (TPSA) is 57.5 Å². The summed E-state index contributed by atoms with van der Waals surface area (Å²) in [6.07, 6.45) is 1.66. The van der Waals surface area contributed by atoms with Crippen molar-refractivity contribution in [1.29, 1.82) is 0 Å². The summed E-state index contributed by atoms with van der Waals surface area (Å²) >= 11 is 0. The molecule has 1 rings (SSSR count). The lowest BCUT2D eigenvalue weighted by Crippen LogP contribution is -2.42. The van der Waals surface area contributed by atoms with Gasteiger partial charge in [0.25, 0.3) is 0 Å².